The summed E-state index contributed by atoms with van der Waals surface area (Å²) in [6, 6.07) is 9.27. The van der Waals surface area contributed by atoms with Crippen molar-refractivity contribution in [3.8, 4) is 0 Å². The molecule has 1 aliphatic rings. The quantitative estimate of drug-likeness (QED) is 0.683. The maximum absolute atomic E-state index is 12.0. The minimum Gasteiger partial charge on any atom is -0.467 e. The molecule has 0 radical (unpaired) electrons. The van der Waals surface area contributed by atoms with E-state index in [1.165, 1.54) is 6.26 Å². The Hall–Kier alpha value is -3.62. The van der Waals surface area contributed by atoms with Crippen LogP contribution in [0, 0.1) is 0 Å². The number of carbonyl (C=O) groups is 4. The van der Waals surface area contributed by atoms with Crippen molar-refractivity contribution in [2.75, 3.05) is 13.2 Å². The van der Waals surface area contributed by atoms with Gasteiger partial charge in [0.1, 0.15) is 5.76 Å². The number of hydrogen-bond donors (Lipinski definition) is 2. The molecule has 0 unspecified atom stereocenters. The number of esters is 1. The van der Waals surface area contributed by atoms with Gasteiger partial charge in [-0.05, 0) is 36.2 Å². The fourth-order valence-electron chi connectivity index (χ4n) is 2.84. The van der Waals surface area contributed by atoms with Crippen molar-refractivity contribution in [2.24, 2.45) is 0 Å². The fourth-order valence-corrected chi connectivity index (χ4v) is 2.84. The average Bonchev–Trinajstić information content (AvgIpc) is 3.37. The highest BCUT2D eigenvalue weighted by Crippen LogP contribution is 2.15. The van der Waals surface area contributed by atoms with Crippen molar-refractivity contribution in [3.63, 3.8) is 0 Å². The number of nitrogens with one attached hydrogen (secondary N) is 2. The summed E-state index contributed by atoms with van der Waals surface area (Å²) in [5.74, 6) is -0.760. The highest BCUT2D eigenvalue weighted by Gasteiger charge is 2.20. The van der Waals surface area contributed by atoms with E-state index in [2.05, 4.69) is 10.6 Å². The molecule has 0 bridgehead atoms. The van der Waals surface area contributed by atoms with Crippen LogP contribution in [0.25, 0.3) is 0 Å². The Morgan fingerprint density at radius 2 is 1.93 bits per heavy atom. The molecule has 2 heterocycles. The van der Waals surface area contributed by atoms with Crippen LogP contribution in [0.2, 0.25) is 0 Å². The minimum absolute atomic E-state index is 0.126. The fraction of sp³-hybridized carbons (Fsp3) is 0.300. The largest absolute Gasteiger partial charge is 0.467 e. The first kappa shape index (κ1) is 20.1. The monoisotopic (exact) mass is 399 g/mol. The molecule has 1 aromatic carbocycles. The summed E-state index contributed by atoms with van der Waals surface area (Å²) in [5.41, 5.74) is 1.18. The smallest absolute Gasteiger partial charge is 0.338 e. The minimum atomic E-state index is -0.750. The molecule has 152 valence electrons. The molecule has 1 aliphatic heterocycles. The Bertz CT molecular complexity index is 876. The van der Waals surface area contributed by atoms with Crippen molar-refractivity contribution < 1.29 is 28.3 Å². The van der Waals surface area contributed by atoms with Gasteiger partial charge in [0.25, 0.3) is 5.91 Å². The van der Waals surface area contributed by atoms with Crippen LogP contribution in [0.1, 0.15) is 34.5 Å². The molecule has 2 aromatic rings. The summed E-state index contributed by atoms with van der Waals surface area (Å²) in [4.78, 5) is 48.8. The van der Waals surface area contributed by atoms with Crippen LogP contribution in [0.4, 0.5) is 4.79 Å². The number of furan rings is 1. The zero-order chi connectivity index (χ0) is 20.6. The second-order valence-corrected chi connectivity index (χ2v) is 6.50. The summed E-state index contributed by atoms with van der Waals surface area (Å²) in [6.45, 7) is 0.787. The SMILES string of the molecule is O=C(COC(=O)c1ccc(CN2CCCC2=O)cc1)NC(=O)NCc1ccco1. The van der Waals surface area contributed by atoms with E-state index in [1.807, 2.05) is 0 Å². The lowest BCUT2D eigenvalue weighted by Gasteiger charge is -2.15. The van der Waals surface area contributed by atoms with Crippen molar-refractivity contribution in [3.05, 3.63) is 59.5 Å². The number of urea groups is 1. The van der Waals surface area contributed by atoms with Gasteiger partial charge in [-0.1, -0.05) is 12.1 Å². The second kappa shape index (κ2) is 9.54. The lowest BCUT2D eigenvalue weighted by molar-refractivity contribution is -0.128. The molecule has 3 rings (SSSR count). The first-order valence-corrected chi connectivity index (χ1v) is 9.15. The molecule has 29 heavy (non-hydrogen) atoms. The zero-order valence-electron chi connectivity index (χ0n) is 15.7. The third kappa shape index (κ3) is 5.93. The van der Waals surface area contributed by atoms with Gasteiger partial charge in [0.2, 0.25) is 5.91 Å². The molecular formula is C20H21N3O6. The van der Waals surface area contributed by atoms with Gasteiger partial charge < -0.3 is 19.4 Å². The predicted molar refractivity (Wildman–Crippen MR) is 100 cm³/mol. The van der Waals surface area contributed by atoms with E-state index in [1.54, 1.807) is 41.3 Å². The van der Waals surface area contributed by atoms with Crippen molar-refractivity contribution in [2.45, 2.75) is 25.9 Å². The van der Waals surface area contributed by atoms with Gasteiger partial charge in [0.05, 0.1) is 18.4 Å². The Morgan fingerprint density at radius 1 is 1.14 bits per heavy atom. The molecule has 0 saturated carbocycles. The van der Waals surface area contributed by atoms with Crippen molar-refractivity contribution in [1.82, 2.24) is 15.5 Å². The van der Waals surface area contributed by atoms with Crippen molar-refractivity contribution >= 4 is 23.8 Å². The zero-order valence-corrected chi connectivity index (χ0v) is 15.7. The molecule has 0 aliphatic carbocycles. The van der Waals surface area contributed by atoms with Crippen LogP contribution in [-0.2, 0) is 27.4 Å². The van der Waals surface area contributed by atoms with Gasteiger partial charge in [0.15, 0.2) is 6.61 Å². The van der Waals surface area contributed by atoms with E-state index in [0.29, 0.717) is 18.7 Å². The third-order valence-corrected chi connectivity index (χ3v) is 4.33. The lowest BCUT2D eigenvalue weighted by Crippen LogP contribution is -2.41. The highest BCUT2D eigenvalue weighted by atomic mass is 16.5. The standard InChI is InChI=1S/C20H21N3O6/c24-17(22-20(27)21-11-16-3-2-10-28-16)13-29-19(26)15-7-5-14(6-8-15)12-23-9-1-4-18(23)25/h2-3,5-8,10H,1,4,9,11-13H2,(H2,21,22,24,27). The van der Waals surface area contributed by atoms with Gasteiger partial charge in [-0.25, -0.2) is 9.59 Å². The number of rotatable bonds is 7. The van der Waals surface area contributed by atoms with Gasteiger partial charge in [-0.3, -0.25) is 14.9 Å². The number of imide groups is 1. The van der Waals surface area contributed by atoms with E-state index < -0.39 is 24.5 Å². The maximum Gasteiger partial charge on any atom is 0.338 e. The Morgan fingerprint density at radius 3 is 2.59 bits per heavy atom. The number of carbonyl (C=O) groups excluding carboxylic acids is 4. The van der Waals surface area contributed by atoms with Crippen LogP contribution in [0.3, 0.4) is 0 Å². The molecule has 9 heteroatoms. The topological polar surface area (TPSA) is 118 Å². The molecule has 4 amide bonds. The summed E-state index contributed by atoms with van der Waals surface area (Å²) in [6.07, 6.45) is 2.91. The van der Waals surface area contributed by atoms with Crippen molar-refractivity contribution in [1.29, 1.82) is 0 Å². The predicted octanol–water partition coefficient (Wildman–Crippen LogP) is 1.58. The van der Waals surface area contributed by atoms with Crippen LogP contribution in [-0.4, -0.2) is 41.9 Å². The Labute approximate surface area is 167 Å². The van der Waals surface area contributed by atoms with E-state index in [9.17, 15) is 19.2 Å². The molecule has 0 spiro atoms. The maximum atomic E-state index is 12.0. The molecular weight excluding hydrogens is 378 g/mol. The Balaban J connectivity index is 1.39. The van der Waals surface area contributed by atoms with Crippen LogP contribution in [0.15, 0.2) is 47.1 Å². The lowest BCUT2D eigenvalue weighted by atomic mass is 10.1. The summed E-state index contributed by atoms with van der Waals surface area (Å²) in [5, 5.41) is 4.50. The Kier molecular flexibility index (Phi) is 6.62. The number of ether oxygens (including phenoxy) is 1. The normalized spacial score (nSPS) is 13.2. The molecule has 9 nitrogen and oxygen atoms in total. The van der Waals surface area contributed by atoms with Crippen LogP contribution in [0.5, 0.6) is 0 Å². The second-order valence-electron chi connectivity index (χ2n) is 6.50. The van der Waals surface area contributed by atoms with Crippen LogP contribution >= 0.6 is 0 Å². The van der Waals surface area contributed by atoms with E-state index in [4.69, 9.17) is 9.15 Å². The number of benzene rings is 1. The molecule has 2 N–H and O–H groups in total. The van der Waals surface area contributed by atoms with E-state index in [-0.39, 0.29) is 18.0 Å². The highest BCUT2D eigenvalue weighted by molar-refractivity contribution is 5.97. The average molecular weight is 399 g/mol. The number of nitrogens with zero attached hydrogens (tertiary/aromatic N) is 1. The van der Waals surface area contributed by atoms with Gasteiger partial charge in [0, 0.05) is 19.5 Å². The molecule has 1 aromatic heterocycles. The summed E-state index contributed by atoms with van der Waals surface area (Å²) >= 11 is 0. The number of hydrogen-bond acceptors (Lipinski definition) is 6. The van der Waals surface area contributed by atoms with Crippen LogP contribution < -0.4 is 10.6 Å². The summed E-state index contributed by atoms with van der Waals surface area (Å²) < 4.78 is 9.97. The molecule has 0 atom stereocenters. The molecule has 1 saturated heterocycles. The molecule has 1 fully saturated rings. The summed E-state index contributed by atoms with van der Waals surface area (Å²) in [7, 11) is 0. The number of likely N-dealkylation sites (tertiary alicyclic amines) is 1. The van der Waals surface area contributed by atoms with Gasteiger partial charge >= 0.3 is 12.0 Å². The van der Waals surface area contributed by atoms with E-state index in [0.717, 1.165) is 18.5 Å². The number of amides is 4. The first-order chi connectivity index (χ1) is 14.0. The van der Waals surface area contributed by atoms with Gasteiger partial charge in [-0.2, -0.15) is 0 Å². The first-order valence-electron chi connectivity index (χ1n) is 9.15. The van der Waals surface area contributed by atoms with Gasteiger partial charge in [-0.15, -0.1) is 0 Å². The van der Waals surface area contributed by atoms with E-state index >= 15 is 0 Å². The third-order valence-electron chi connectivity index (χ3n) is 4.33.